The third-order valence-corrected chi connectivity index (χ3v) is 4.00. The predicted molar refractivity (Wildman–Crippen MR) is 65.2 cm³/mol. The van der Waals surface area contributed by atoms with Crippen LogP contribution in [0.4, 0.5) is 0 Å². The molecule has 1 aliphatic heterocycles. The SMILES string of the molecule is CCC(C)C(=O)NC1CCN(C2CC2)CC1. The average Bonchev–Trinajstić information content (AvgIpc) is 3.13. The summed E-state index contributed by atoms with van der Waals surface area (Å²) < 4.78 is 0. The van der Waals surface area contributed by atoms with E-state index >= 15 is 0 Å². The lowest BCUT2D eigenvalue weighted by Gasteiger charge is -2.32. The Hall–Kier alpha value is -0.570. The quantitative estimate of drug-likeness (QED) is 0.789. The van der Waals surface area contributed by atoms with Crippen LogP contribution in [-0.4, -0.2) is 36.0 Å². The molecular weight excluding hydrogens is 200 g/mol. The van der Waals surface area contributed by atoms with Crippen molar-refractivity contribution in [2.24, 2.45) is 5.92 Å². The molecule has 2 rings (SSSR count). The van der Waals surface area contributed by atoms with Gasteiger partial charge in [-0.2, -0.15) is 0 Å². The van der Waals surface area contributed by atoms with Gasteiger partial charge in [0, 0.05) is 31.1 Å². The van der Waals surface area contributed by atoms with Gasteiger partial charge in [-0.05, 0) is 32.1 Å². The number of hydrogen-bond acceptors (Lipinski definition) is 2. The molecule has 0 spiro atoms. The van der Waals surface area contributed by atoms with E-state index in [-0.39, 0.29) is 11.8 Å². The molecule has 1 aliphatic carbocycles. The fraction of sp³-hybridized carbons (Fsp3) is 0.923. The Balaban J connectivity index is 1.70. The topological polar surface area (TPSA) is 32.3 Å². The van der Waals surface area contributed by atoms with Gasteiger partial charge in [0.1, 0.15) is 0 Å². The smallest absolute Gasteiger partial charge is 0.223 e. The van der Waals surface area contributed by atoms with Crippen molar-refractivity contribution in [3.05, 3.63) is 0 Å². The fourth-order valence-electron chi connectivity index (χ4n) is 2.38. The Bertz CT molecular complexity index is 242. The lowest BCUT2D eigenvalue weighted by atomic mass is 10.0. The minimum absolute atomic E-state index is 0.168. The summed E-state index contributed by atoms with van der Waals surface area (Å²) in [5, 5.41) is 3.18. The largest absolute Gasteiger partial charge is 0.353 e. The number of likely N-dealkylation sites (tertiary alicyclic amines) is 1. The summed E-state index contributed by atoms with van der Waals surface area (Å²) in [4.78, 5) is 14.3. The summed E-state index contributed by atoms with van der Waals surface area (Å²) in [5.74, 6) is 0.411. The number of rotatable bonds is 4. The van der Waals surface area contributed by atoms with Crippen molar-refractivity contribution in [3.63, 3.8) is 0 Å². The molecule has 3 nitrogen and oxygen atoms in total. The second-order valence-electron chi connectivity index (χ2n) is 5.36. The third kappa shape index (κ3) is 2.97. The predicted octanol–water partition coefficient (Wildman–Crippen LogP) is 1.78. The van der Waals surface area contributed by atoms with Gasteiger partial charge in [-0.15, -0.1) is 0 Å². The van der Waals surface area contributed by atoms with Gasteiger partial charge in [-0.25, -0.2) is 0 Å². The van der Waals surface area contributed by atoms with Gasteiger partial charge in [0.25, 0.3) is 0 Å². The van der Waals surface area contributed by atoms with Gasteiger partial charge in [0.2, 0.25) is 5.91 Å². The lowest BCUT2D eigenvalue weighted by Crippen LogP contribution is -2.46. The van der Waals surface area contributed by atoms with Crippen LogP contribution in [0.25, 0.3) is 0 Å². The van der Waals surface area contributed by atoms with Crippen LogP contribution in [-0.2, 0) is 4.79 Å². The molecule has 1 heterocycles. The molecule has 3 heteroatoms. The standard InChI is InChI=1S/C13H24N2O/c1-3-10(2)13(16)14-11-6-8-15(9-7-11)12-4-5-12/h10-12H,3-9H2,1-2H3,(H,14,16). The first kappa shape index (κ1) is 11.9. The molecule has 0 bridgehead atoms. The average molecular weight is 224 g/mol. The van der Waals surface area contributed by atoms with E-state index in [2.05, 4.69) is 17.1 Å². The summed E-state index contributed by atoms with van der Waals surface area (Å²) in [6, 6.07) is 1.31. The van der Waals surface area contributed by atoms with Gasteiger partial charge in [0.05, 0.1) is 0 Å². The number of nitrogens with zero attached hydrogens (tertiary/aromatic N) is 1. The Morgan fingerprint density at radius 3 is 2.44 bits per heavy atom. The van der Waals surface area contributed by atoms with Crippen molar-refractivity contribution in [1.29, 1.82) is 0 Å². The maximum Gasteiger partial charge on any atom is 0.223 e. The molecule has 0 radical (unpaired) electrons. The number of nitrogens with one attached hydrogen (secondary N) is 1. The molecule has 0 aromatic rings. The Labute approximate surface area is 98.6 Å². The van der Waals surface area contributed by atoms with E-state index in [9.17, 15) is 4.79 Å². The van der Waals surface area contributed by atoms with E-state index in [0.717, 1.165) is 25.3 Å². The molecule has 92 valence electrons. The van der Waals surface area contributed by atoms with E-state index in [1.807, 2.05) is 6.92 Å². The molecule has 1 atom stereocenters. The van der Waals surface area contributed by atoms with Crippen LogP contribution in [0.1, 0.15) is 46.0 Å². The zero-order valence-corrected chi connectivity index (χ0v) is 10.5. The summed E-state index contributed by atoms with van der Waals surface area (Å²) in [7, 11) is 0. The zero-order valence-electron chi connectivity index (χ0n) is 10.5. The molecule has 0 aromatic carbocycles. The van der Waals surface area contributed by atoms with Crippen molar-refractivity contribution in [1.82, 2.24) is 10.2 Å². The Kier molecular flexibility index (Phi) is 3.85. The van der Waals surface area contributed by atoms with Crippen molar-refractivity contribution in [2.45, 2.75) is 58.0 Å². The number of hydrogen-bond donors (Lipinski definition) is 1. The van der Waals surface area contributed by atoms with Crippen LogP contribution >= 0.6 is 0 Å². The van der Waals surface area contributed by atoms with Crippen LogP contribution in [0.3, 0.4) is 0 Å². The molecule has 16 heavy (non-hydrogen) atoms. The molecule has 2 fully saturated rings. The van der Waals surface area contributed by atoms with Gasteiger partial charge in [0.15, 0.2) is 0 Å². The highest BCUT2D eigenvalue weighted by Gasteiger charge is 2.32. The molecule has 1 saturated carbocycles. The van der Waals surface area contributed by atoms with Gasteiger partial charge >= 0.3 is 0 Å². The highest BCUT2D eigenvalue weighted by Crippen LogP contribution is 2.29. The third-order valence-electron chi connectivity index (χ3n) is 4.00. The maximum absolute atomic E-state index is 11.7. The van der Waals surface area contributed by atoms with Crippen molar-refractivity contribution in [2.75, 3.05) is 13.1 Å². The van der Waals surface area contributed by atoms with Crippen LogP contribution in [0.2, 0.25) is 0 Å². The van der Waals surface area contributed by atoms with E-state index in [4.69, 9.17) is 0 Å². The van der Waals surface area contributed by atoms with Crippen LogP contribution in [0, 0.1) is 5.92 Å². The Morgan fingerprint density at radius 2 is 1.94 bits per heavy atom. The first-order chi connectivity index (χ1) is 7.70. The van der Waals surface area contributed by atoms with E-state index in [1.54, 1.807) is 0 Å². The van der Waals surface area contributed by atoms with Crippen molar-refractivity contribution < 1.29 is 4.79 Å². The maximum atomic E-state index is 11.7. The van der Waals surface area contributed by atoms with Crippen LogP contribution < -0.4 is 5.32 Å². The monoisotopic (exact) mass is 224 g/mol. The highest BCUT2D eigenvalue weighted by molar-refractivity contribution is 5.78. The van der Waals surface area contributed by atoms with Crippen molar-refractivity contribution >= 4 is 5.91 Å². The minimum atomic E-state index is 0.168. The molecule has 1 unspecified atom stereocenters. The lowest BCUT2D eigenvalue weighted by molar-refractivity contribution is -0.125. The van der Waals surface area contributed by atoms with Gasteiger partial charge in [-0.3, -0.25) is 4.79 Å². The molecular formula is C13H24N2O. The number of carbonyl (C=O) groups excluding carboxylic acids is 1. The summed E-state index contributed by atoms with van der Waals surface area (Å²) in [5.41, 5.74) is 0. The second kappa shape index (κ2) is 5.17. The number of carbonyl (C=O) groups is 1. The number of piperidine rings is 1. The molecule has 2 aliphatic rings. The van der Waals surface area contributed by atoms with Gasteiger partial charge < -0.3 is 10.2 Å². The normalized spacial score (nSPS) is 25.4. The molecule has 0 aromatic heterocycles. The summed E-state index contributed by atoms with van der Waals surface area (Å²) in [6.07, 6.45) is 6.00. The first-order valence-corrected chi connectivity index (χ1v) is 6.75. The zero-order chi connectivity index (χ0) is 11.5. The fourth-order valence-corrected chi connectivity index (χ4v) is 2.38. The van der Waals surface area contributed by atoms with Gasteiger partial charge in [-0.1, -0.05) is 13.8 Å². The van der Waals surface area contributed by atoms with Crippen molar-refractivity contribution in [3.8, 4) is 0 Å². The Morgan fingerprint density at radius 1 is 1.31 bits per heavy atom. The second-order valence-corrected chi connectivity index (χ2v) is 5.36. The first-order valence-electron chi connectivity index (χ1n) is 6.75. The molecule has 1 amide bonds. The van der Waals surface area contributed by atoms with E-state index in [1.165, 1.54) is 25.9 Å². The van der Waals surface area contributed by atoms with E-state index in [0.29, 0.717) is 6.04 Å². The summed E-state index contributed by atoms with van der Waals surface area (Å²) >= 11 is 0. The summed E-state index contributed by atoms with van der Waals surface area (Å²) in [6.45, 7) is 6.43. The highest BCUT2D eigenvalue weighted by atomic mass is 16.1. The number of amides is 1. The molecule has 1 N–H and O–H groups in total. The van der Waals surface area contributed by atoms with Crippen LogP contribution in [0.15, 0.2) is 0 Å². The van der Waals surface area contributed by atoms with E-state index < -0.39 is 0 Å². The molecule has 1 saturated heterocycles. The van der Waals surface area contributed by atoms with Crippen LogP contribution in [0.5, 0.6) is 0 Å². The minimum Gasteiger partial charge on any atom is -0.353 e.